The molecule has 0 radical (unpaired) electrons. The minimum Gasteiger partial charge on any atom is -0.702 e. The van der Waals surface area contributed by atoms with E-state index < -0.39 is 0 Å². The van der Waals surface area contributed by atoms with Gasteiger partial charge in [0, 0.05) is 13.1 Å². The molecule has 3 heteroatoms. The number of likely N-dealkylation sites (N-methyl/N-ethyl adjacent to an activating group) is 1. The zero-order chi connectivity index (χ0) is 5.98. The molecule has 0 amide bonds. The van der Waals surface area contributed by atoms with Crippen molar-refractivity contribution in [3.63, 3.8) is 0 Å². The quantitative estimate of drug-likeness (QED) is 0.417. The van der Waals surface area contributed by atoms with E-state index in [1.807, 2.05) is 4.31 Å². The van der Waals surface area contributed by atoms with Crippen molar-refractivity contribution < 1.29 is 0 Å². The lowest BCUT2D eigenvalue weighted by Crippen LogP contribution is -2.41. The third-order valence-electron chi connectivity index (χ3n) is 1.46. The number of nitrogens with zero attached hydrogens (tertiary/aromatic N) is 2. The molecule has 1 aliphatic rings. The van der Waals surface area contributed by atoms with Gasteiger partial charge in [-0.1, -0.05) is 0 Å². The molecule has 0 aliphatic carbocycles. The van der Waals surface area contributed by atoms with Gasteiger partial charge in [-0.2, -0.15) is 0 Å². The van der Waals surface area contributed by atoms with Crippen LogP contribution >= 0.6 is 0 Å². The van der Waals surface area contributed by atoms with E-state index >= 15 is 0 Å². The second kappa shape index (κ2) is 2.71. The van der Waals surface area contributed by atoms with Crippen molar-refractivity contribution in [2.75, 3.05) is 33.2 Å². The Labute approximate surface area is 56.0 Å². The fourth-order valence-electron chi connectivity index (χ4n) is 0.788. The monoisotopic (exact) mass is 131 g/mol. The van der Waals surface area contributed by atoms with Gasteiger partial charge in [0.1, 0.15) is 0 Å². The second-order valence-electron chi connectivity index (χ2n) is 2.23. The summed E-state index contributed by atoms with van der Waals surface area (Å²) in [4.78, 5) is 2.29. The van der Waals surface area contributed by atoms with Crippen molar-refractivity contribution >= 4 is 12.8 Å². The number of hydrogen-bond acceptors (Lipinski definition) is 3. The molecule has 0 atom stereocenters. The molecule has 1 fully saturated rings. The first kappa shape index (κ1) is 6.39. The molecule has 2 nitrogen and oxygen atoms in total. The van der Waals surface area contributed by atoms with Gasteiger partial charge in [0.2, 0.25) is 0 Å². The Hall–Kier alpha value is 0.270. The van der Waals surface area contributed by atoms with Crippen molar-refractivity contribution in [1.29, 1.82) is 0 Å². The average molecular weight is 131 g/mol. The summed E-state index contributed by atoms with van der Waals surface area (Å²) in [5, 5.41) is 0. The number of rotatable bonds is 0. The lowest BCUT2D eigenvalue weighted by atomic mass is 10.4. The Morgan fingerprint density at radius 1 is 1.12 bits per heavy atom. The molecule has 1 saturated heterocycles. The van der Waals surface area contributed by atoms with E-state index in [2.05, 4.69) is 11.9 Å². The number of hydrogen-bond donors (Lipinski definition) is 0. The zero-order valence-electron chi connectivity index (χ0n) is 5.13. The molecule has 1 aliphatic heterocycles. The summed E-state index contributed by atoms with van der Waals surface area (Å²) in [6.07, 6.45) is 0. The molecule has 0 saturated carbocycles. The highest BCUT2D eigenvalue weighted by molar-refractivity contribution is 7.55. The van der Waals surface area contributed by atoms with Gasteiger partial charge in [-0.05, 0) is 20.1 Å². The van der Waals surface area contributed by atoms with Gasteiger partial charge in [-0.25, -0.2) is 0 Å². The Morgan fingerprint density at radius 2 is 1.62 bits per heavy atom. The first-order valence-electron chi connectivity index (χ1n) is 2.89. The molecule has 48 valence electrons. The summed E-state index contributed by atoms with van der Waals surface area (Å²) in [5.41, 5.74) is 0. The molecule has 1 heterocycles. The van der Waals surface area contributed by atoms with E-state index in [0.717, 1.165) is 26.2 Å². The smallest absolute Gasteiger partial charge is 0.00894 e. The van der Waals surface area contributed by atoms with Crippen molar-refractivity contribution in [3.05, 3.63) is 0 Å². The van der Waals surface area contributed by atoms with Crippen LogP contribution in [0.15, 0.2) is 0 Å². The van der Waals surface area contributed by atoms with E-state index in [0.29, 0.717) is 0 Å². The summed E-state index contributed by atoms with van der Waals surface area (Å²) >= 11 is 4.95. The van der Waals surface area contributed by atoms with Crippen molar-refractivity contribution in [2.45, 2.75) is 0 Å². The standard InChI is InChI=1S/C5H11N2S/c1-6-2-4-7(8)5-3-6/h2-5H2,1H3/q-1. The molecule has 0 N–H and O–H groups in total. The predicted molar refractivity (Wildman–Crippen MR) is 36.4 cm³/mol. The first-order chi connectivity index (χ1) is 3.79. The van der Waals surface area contributed by atoms with Gasteiger partial charge < -0.3 is 22.0 Å². The van der Waals surface area contributed by atoms with Gasteiger partial charge in [0.25, 0.3) is 0 Å². The molecular formula is C5H11N2S-. The second-order valence-corrected chi connectivity index (χ2v) is 2.75. The minimum absolute atomic E-state index is 1.05. The highest BCUT2D eigenvalue weighted by Crippen LogP contribution is 1.94. The van der Waals surface area contributed by atoms with Crippen LogP contribution in [0.25, 0.3) is 0 Å². The summed E-state index contributed by atoms with van der Waals surface area (Å²) in [7, 11) is 2.13. The van der Waals surface area contributed by atoms with Crippen LogP contribution in [0, 0.1) is 0 Å². The van der Waals surface area contributed by atoms with Gasteiger partial charge in [-0.3, -0.25) is 0 Å². The molecule has 0 aromatic heterocycles. The third kappa shape index (κ3) is 1.65. The van der Waals surface area contributed by atoms with Crippen LogP contribution in [-0.2, 0) is 12.8 Å². The molecule has 8 heavy (non-hydrogen) atoms. The maximum absolute atomic E-state index is 4.95. The van der Waals surface area contributed by atoms with Crippen LogP contribution < -0.4 is 0 Å². The molecular weight excluding hydrogens is 120 g/mol. The molecule has 0 spiro atoms. The summed E-state index contributed by atoms with van der Waals surface area (Å²) in [6, 6.07) is 0. The SMILES string of the molecule is CN1CCN([S-])CC1. The Kier molecular flexibility index (Phi) is 2.16. The fourth-order valence-corrected chi connectivity index (χ4v) is 0.951. The summed E-state index contributed by atoms with van der Waals surface area (Å²) in [5.74, 6) is 0. The average Bonchev–Trinajstić information content (AvgIpc) is 1.77. The lowest BCUT2D eigenvalue weighted by molar-refractivity contribution is 0.234. The van der Waals surface area contributed by atoms with Gasteiger partial charge >= 0.3 is 0 Å². The predicted octanol–water partition coefficient (Wildman–Crippen LogP) is -0.304. The van der Waals surface area contributed by atoms with E-state index in [4.69, 9.17) is 12.8 Å². The lowest BCUT2D eigenvalue weighted by Gasteiger charge is -2.37. The molecule has 0 bridgehead atoms. The van der Waals surface area contributed by atoms with Gasteiger partial charge in [-0.15, -0.1) is 0 Å². The summed E-state index contributed by atoms with van der Waals surface area (Å²) in [6.45, 7) is 4.35. The van der Waals surface area contributed by atoms with Crippen LogP contribution in [0.1, 0.15) is 0 Å². The Balaban J connectivity index is 2.19. The van der Waals surface area contributed by atoms with E-state index in [1.165, 1.54) is 0 Å². The topological polar surface area (TPSA) is 6.48 Å². The maximum Gasteiger partial charge on any atom is 0.00894 e. The highest BCUT2D eigenvalue weighted by atomic mass is 32.1. The van der Waals surface area contributed by atoms with Gasteiger partial charge in [0.15, 0.2) is 0 Å². The van der Waals surface area contributed by atoms with E-state index in [1.54, 1.807) is 0 Å². The maximum atomic E-state index is 4.95. The van der Waals surface area contributed by atoms with E-state index in [-0.39, 0.29) is 0 Å². The van der Waals surface area contributed by atoms with Crippen LogP contribution in [0.4, 0.5) is 0 Å². The molecule has 0 aromatic carbocycles. The minimum atomic E-state index is 1.05. The first-order valence-corrected chi connectivity index (χ1v) is 3.26. The van der Waals surface area contributed by atoms with Crippen molar-refractivity contribution in [1.82, 2.24) is 9.21 Å². The van der Waals surface area contributed by atoms with Crippen molar-refractivity contribution in [3.8, 4) is 0 Å². The van der Waals surface area contributed by atoms with Crippen LogP contribution in [0.3, 0.4) is 0 Å². The van der Waals surface area contributed by atoms with Crippen molar-refractivity contribution in [2.24, 2.45) is 0 Å². The van der Waals surface area contributed by atoms with E-state index in [9.17, 15) is 0 Å². The molecule has 1 rings (SSSR count). The Bertz CT molecular complexity index is 58.8. The Morgan fingerprint density at radius 3 is 2.00 bits per heavy atom. The summed E-state index contributed by atoms with van der Waals surface area (Å²) < 4.78 is 1.94. The van der Waals surface area contributed by atoms with Crippen LogP contribution in [0.5, 0.6) is 0 Å². The normalized spacial score (nSPS) is 26.2. The van der Waals surface area contributed by atoms with Crippen LogP contribution in [-0.4, -0.2) is 42.4 Å². The fraction of sp³-hybridized carbons (Fsp3) is 1.00. The van der Waals surface area contributed by atoms with Gasteiger partial charge in [0.05, 0.1) is 0 Å². The highest BCUT2D eigenvalue weighted by Gasteiger charge is 2.03. The zero-order valence-corrected chi connectivity index (χ0v) is 5.95. The molecule has 0 unspecified atom stereocenters. The third-order valence-corrected chi connectivity index (χ3v) is 1.83. The number of piperazine rings is 1. The largest absolute Gasteiger partial charge is 0.702 e. The molecule has 0 aromatic rings. The van der Waals surface area contributed by atoms with Crippen LogP contribution in [0.2, 0.25) is 0 Å².